The molecule has 0 aliphatic heterocycles. The lowest BCUT2D eigenvalue weighted by atomic mass is 10.2. The fourth-order valence-electron chi connectivity index (χ4n) is 1.88. The smallest absolute Gasteiger partial charge is 0.331 e. The molecule has 2 rings (SSSR count). The molecule has 0 unspecified atom stereocenters. The van der Waals surface area contributed by atoms with Gasteiger partial charge in [0.05, 0.1) is 12.8 Å². The van der Waals surface area contributed by atoms with Crippen LogP contribution in [0.15, 0.2) is 53.0 Å². The molecule has 0 fully saturated rings. The molecule has 0 spiro atoms. The van der Waals surface area contributed by atoms with Gasteiger partial charge in [0, 0.05) is 10.5 Å². The summed E-state index contributed by atoms with van der Waals surface area (Å²) in [5.41, 5.74) is 1.04. The number of amides is 1. The minimum absolute atomic E-state index is 0.114. The molecule has 2 aromatic carbocycles. The van der Waals surface area contributed by atoms with E-state index in [2.05, 4.69) is 21.2 Å². The van der Waals surface area contributed by atoms with Gasteiger partial charge in [0.1, 0.15) is 0 Å². The van der Waals surface area contributed by atoms with Crippen molar-refractivity contribution in [2.45, 2.75) is 0 Å². The Bertz CT molecular complexity index is 807. The van der Waals surface area contributed by atoms with Crippen LogP contribution in [0.5, 0.6) is 5.75 Å². The number of esters is 1. The lowest BCUT2D eigenvalue weighted by molar-refractivity contribution is -0.142. The number of rotatable bonds is 6. The van der Waals surface area contributed by atoms with Gasteiger partial charge in [0.15, 0.2) is 18.2 Å². The molecule has 0 bridgehead atoms. The maximum Gasteiger partial charge on any atom is 0.331 e. The first-order valence-corrected chi connectivity index (χ1v) is 8.01. The Hall–Kier alpha value is -2.67. The number of methoxy groups -OCH3 is 1. The van der Waals surface area contributed by atoms with Crippen LogP contribution in [0.2, 0.25) is 0 Å². The lowest BCUT2D eigenvalue weighted by Gasteiger charge is -2.07. The summed E-state index contributed by atoms with van der Waals surface area (Å²) in [5, 5.41) is 2.61. The van der Waals surface area contributed by atoms with Gasteiger partial charge < -0.3 is 14.8 Å². The van der Waals surface area contributed by atoms with E-state index in [1.54, 1.807) is 24.3 Å². The molecule has 130 valence electrons. The first-order valence-electron chi connectivity index (χ1n) is 7.22. The number of nitrogens with one attached hydrogen (secondary N) is 1. The summed E-state index contributed by atoms with van der Waals surface area (Å²) < 4.78 is 23.9. The van der Waals surface area contributed by atoms with Crippen molar-refractivity contribution >= 4 is 39.6 Å². The summed E-state index contributed by atoms with van der Waals surface area (Å²) in [6, 6.07) is 11.3. The zero-order valence-corrected chi connectivity index (χ0v) is 14.9. The number of para-hydroxylation sites is 1. The second-order valence-corrected chi connectivity index (χ2v) is 5.72. The Balaban J connectivity index is 1.85. The van der Waals surface area contributed by atoms with Gasteiger partial charge in [-0.15, -0.1) is 0 Å². The third-order valence-corrected chi connectivity index (χ3v) is 3.77. The van der Waals surface area contributed by atoms with E-state index in [1.807, 2.05) is 6.07 Å². The zero-order chi connectivity index (χ0) is 18.2. The Morgan fingerprint density at radius 2 is 2.00 bits per heavy atom. The number of halogens is 2. The van der Waals surface area contributed by atoms with Crippen molar-refractivity contribution in [2.24, 2.45) is 0 Å². The molecular formula is C18H15BrFNO4. The van der Waals surface area contributed by atoms with Crippen molar-refractivity contribution in [3.05, 3.63) is 64.4 Å². The van der Waals surface area contributed by atoms with Crippen LogP contribution in [0.4, 0.5) is 10.1 Å². The minimum Gasteiger partial charge on any atom is -0.494 e. The number of carbonyl (C=O) groups is 2. The van der Waals surface area contributed by atoms with Gasteiger partial charge in [-0.25, -0.2) is 9.18 Å². The standard InChI is InChI=1S/C18H15BrFNO4/c1-24-16-8-6-12(10-14(16)20)7-9-18(23)25-11-17(22)21-15-5-3-2-4-13(15)19/h2-10H,11H2,1H3,(H,21,22)/b9-7+. The molecular weight excluding hydrogens is 393 g/mol. The maximum atomic E-state index is 13.5. The van der Waals surface area contributed by atoms with E-state index >= 15 is 0 Å². The van der Waals surface area contributed by atoms with Crippen LogP contribution in [0, 0.1) is 5.82 Å². The van der Waals surface area contributed by atoms with Crippen molar-refractivity contribution in [1.29, 1.82) is 0 Å². The Morgan fingerprint density at radius 1 is 1.24 bits per heavy atom. The minimum atomic E-state index is -0.710. The molecule has 5 nitrogen and oxygen atoms in total. The predicted octanol–water partition coefficient (Wildman–Crippen LogP) is 3.79. The molecule has 0 radical (unpaired) electrons. The SMILES string of the molecule is COc1ccc(/C=C/C(=O)OCC(=O)Nc2ccccc2Br)cc1F. The Morgan fingerprint density at radius 3 is 2.68 bits per heavy atom. The molecule has 0 aliphatic rings. The second kappa shape index (κ2) is 8.98. The second-order valence-electron chi connectivity index (χ2n) is 4.86. The van der Waals surface area contributed by atoms with Gasteiger partial charge in [-0.2, -0.15) is 0 Å². The van der Waals surface area contributed by atoms with Crippen molar-refractivity contribution in [1.82, 2.24) is 0 Å². The molecule has 0 atom stereocenters. The summed E-state index contributed by atoms with van der Waals surface area (Å²) in [6.07, 6.45) is 2.50. The summed E-state index contributed by atoms with van der Waals surface area (Å²) in [6.45, 7) is -0.429. The van der Waals surface area contributed by atoms with Crippen LogP contribution in [0.25, 0.3) is 6.08 Å². The van der Waals surface area contributed by atoms with Crippen LogP contribution >= 0.6 is 15.9 Å². The average Bonchev–Trinajstić information content (AvgIpc) is 2.60. The molecule has 1 amide bonds. The number of hydrogen-bond acceptors (Lipinski definition) is 4. The van der Waals surface area contributed by atoms with Gasteiger partial charge >= 0.3 is 5.97 Å². The Labute approximate surface area is 152 Å². The van der Waals surface area contributed by atoms with E-state index in [4.69, 9.17) is 9.47 Å². The number of carbonyl (C=O) groups excluding carboxylic acids is 2. The van der Waals surface area contributed by atoms with Crippen LogP contribution in [0.3, 0.4) is 0 Å². The first kappa shape index (κ1) is 18.7. The maximum absolute atomic E-state index is 13.5. The van der Waals surface area contributed by atoms with E-state index in [1.165, 1.54) is 25.3 Å². The summed E-state index contributed by atoms with van der Waals surface area (Å²) in [7, 11) is 1.37. The van der Waals surface area contributed by atoms with Crippen molar-refractivity contribution in [2.75, 3.05) is 19.0 Å². The Kier molecular flexibility index (Phi) is 6.71. The summed E-state index contributed by atoms with van der Waals surface area (Å²) >= 11 is 3.30. The topological polar surface area (TPSA) is 64.6 Å². The first-order chi connectivity index (χ1) is 12.0. The normalized spacial score (nSPS) is 10.5. The van der Waals surface area contributed by atoms with Crippen LogP contribution < -0.4 is 10.1 Å². The van der Waals surface area contributed by atoms with E-state index in [9.17, 15) is 14.0 Å². The number of anilines is 1. The van der Waals surface area contributed by atoms with Gasteiger partial charge in [-0.3, -0.25) is 4.79 Å². The summed E-state index contributed by atoms with van der Waals surface area (Å²) in [5.74, 6) is -1.60. The summed E-state index contributed by atoms with van der Waals surface area (Å²) in [4.78, 5) is 23.4. The van der Waals surface area contributed by atoms with E-state index in [-0.39, 0.29) is 5.75 Å². The van der Waals surface area contributed by atoms with E-state index in [0.29, 0.717) is 11.3 Å². The number of benzene rings is 2. The fourth-order valence-corrected chi connectivity index (χ4v) is 2.27. The third kappa shape index (κ3) is 5.72. The molecule has 25 heavy (non-hydrogen) atoms. The lowest BCUT2D eigenvalue weighted by Crippen LogP contribution is -2.20. The highest BCUT2D eigenvalue weighted by atomic mass is 79.9. The molecule has 0 heterocycles. The van der Waals surface area contributed by atoms with Gasteiger partial charge in [0.25, 0.3) is 5.91 Å². The molecule has 1 N–H and O–H groups in total. The van der Waals surface area contributed by atoms with Gasteiger partial charge in [0.2, 0.25) is 0 Å². The number of ether oxygens (including phenoxy) is 2. The van der Waals surface area contributed by atoms with Crippen LogP contribution in [-0.2, 0) is 14.3 Å². The van der Waals surface area contributed by atoms with E-state index in [0.717, 1.165) is 10.5 Å². The van der Waals surface area contributed by atoms with E-state index < -0.39 is 24.3 Å². The molecule has 7 heteroatoms. The highest BCUT2D eigenvalue weighted by Gasteiger charge is 2.08. The molecule has 0 saturated carbocycles. The fraction of sp³-hybridized carbons (Fsp3) is 0.111. The van der Waals surface area contributed by atoms with Crippen molar-refractivity contribution < 1.29 is 23.5 Å². The van der Waals surface area contributed by atoms with Crippen molar-refractivity contribution in [3.63, 3.8) is 0 Å². The van der Waals surface area contributed by atoms with Crippen LogP contribution in [0.1, 0.15) is 5.56 Å². The molecule has 0 aromatic heterocycles. The monoisotopic (exact) mass is 407 g/mol. The van der Waals surface area contributed by atoms with Crippen molar-refractivity contribution in [3.8, 4) is 5.75 Å². The van der Waals surface area contributed by atoms with Crippen LogP contribution in [-0.4, -0.2) is 25.6 Å². The highest BCUT2D eigenvalue weighted by molar-refractivity contribution is 9.10. The van der Waals surface area contributed by atoms with Gasteiger partial charge in [-0.1, -0.05) is 18.2 Å². The largest absolute Gasteiger partial charge is 0.494 e. The zero-order valence-electron chi connectivity index (χ0n) is 13.3. The third-order valence-electron chi connectivity index (χ3n) is 3.08. The average molecular weight is 408 g/mol. The quantitative estimate of drug-likeness (QED) is 0.584. The highest BCUT2D eigenvalue weighted by Crippen LogP contribution is 2.21. The number of hydrogen-bond donors (Lipinski definition) is 1. The molecule has 0 saturated heterocycles. The van der Waals surface area contributed by atoms with Gasteiger partial charge in [-0.05, 0) is 51.8 Å². The predicted molar refractivity (Wildman–Crippen MR) is 95.7 cm³/mol. The molecule has 0 aliphatic carbocycles. The molecule has 2 aromatic rings.